The number of nitrogens with zero attached hydrogens (tertiary/aromatic N) is 2. The van der Waals surface area contributed by atoms with Crippen LogP contribution in [0, 0.1) is 0 Å². The lowest BCUT2D eigenvalue weighted by Crippen LogP contribution is -2.24. The Balaban J connectivity index is 1.66. The average molecular weight is 405 g/mol. The zero-order chi connectivity index (χ0) is 18.8. The minimum atomic E-state index is -0.0970. The smallest absolute Gasteiger partial charge is 0.262 e. The van der Waals surface area contributed by atoms with Gasteiger partial charge in [-0.1, -0.05) is 35.5 Å². The van der Waals surface area contributed by atoms with Crippen molar-refractivity contribution in [2.75, 3.05) is 13.4 Å². The van der Waals surface area contributed by atoms with E-state index in [-0.39, 0.29) is 19.0 Å². The Bertz CT molecular complexity index is 1050. The van der Waals surface area contributed by atoms with Crippen LogP contribution in [0.25, 0.3) is 10.9 Å². The normalized spacial score (nSPS) is 12.7. The molecule has 2 aromatic carbocycles. The van der Waals surface area contributed by atoms with E-state index in [0.29, 0.717) is 51.3 Å². The number of thioether (sulfide) groups is 1. The van der Waals surface area contributed by atoms with Crippen LogP contribution in [0.15, 0.2) is 46.3 Å². The van der Waals surface area contributed by atoms with Crippen molar-refractivity contribution in [3.8, 4) is 11.5 Å². The van der Waals surface area contributed by atoms with Crippen molar-refractivity contribution in [1.29, 1.82) is 0 Å². The van der Waals surface area contributed by atoms with Gasteiger partial charge in [-0.05, 0) is 36.2 Å². The Morgan fingerprint density at radius 2 is 2.11 bits per heavy atom. The number of para-hydroxylation sites is 1. The van der Waals surface area contributed by atoms with Gasteiger partial charge in [-0.3, -0.25) is 9.36 Å². The summed E-state index contributed by atoms with van der Waals surface area (Å²) in [6, 6.07) is 11.0. The number of ether oxygens (including phenoxy) is 2. The Labute approximate surface area is 164 Å². The van der Waals surface area contributed by atoms with Gasteiger partial charge in [0.25, 0.3) is 5.56 Å². The van der Waals surface area contributed by atoms with E-state index < -0.39 is 0 Å². The molecular weight excluding hydrogens is 388 g/mol. The minimum absolute atomic E-state index is 0.0150. The molecule has 140 valence electrons. The van der Waals surface area contributed by atoms with Gasteiger partial charge >= 0.3 is 0 Å². The fourth-order valence-corrected chi connectivity index (χ4v) is 4.18. The van der Waals surface area contributed by atoms with Crippen molar-refractivity contribution in [1.82, 2.24) is 9.55 Å². The molecule has 0 atom stereocenters. The quantitative estimate of drug-likeness (QED) is 0.501. The lowest BCUT2D eigenvalue weighted by Gasteiger charge is -2.13. The molecule has 1 aliphatic heterocycles. The molecule has 1 aliphatic rings. The zero-order valence-corrected chi connectivity index (χ0v) is 15.9. The largest absolute Gasteiger partial charge is 0.454 e. The summed E-state index contributed by atoms with van der Waals surface area (Å²) >= 11 is 7.70. The van der Waals surface area contributed by atoms with Crippen LogP contribution in [0.1, 0.15) is 12.0 Å². The molecule has 0 saturated heterocycles. The van der Waals surface area contributed by atoms with E-state index in [1.807, 2.05) is 30.3 Å². The average Bonchev–Trinajstić information content (AvgIpc) is 3.15. The Morgan fingerprint density at radius 3 is 2.96 bits per heavy atom. The van der Waals surface area contributed by atoms with Crippen molar-refractivity contribution < 1.29 is 14.6 Å². The van der Waals surface area contributed by atoms with E-state index in [0.717, 1.165) is 5.56 Å². The maximum absolute atomic E-state index is 12.8. The number of benzene rings is 2. The summed E-state index contributed by atoms with van der Waals surface area (Å²) in [5.74, 6) is 1.76. The monoisotopic (exact) mass is 404 g/mol. The van der Waals surface area contributed by atoms with E-state index in [1.54, 1.807) is 10.6 Å². The molecule has 0 radical (unpaired) electrons. The van der Waals surface area contributed by atoms with Crippen LogP contribution in [0.5, 0.6) is 11.5 Å². The summed E-state index contributed by atoms with van der Waals surface area (Å²) in [6.45, 7) is 0.594. The topological polar surface area (TPSA) is 73.6 Å². The predicted octanol–water partition coefficient (Wildman–Crippen LogP) is 3.45. The summed E-state index contributed by atoms with van der Waals surface area (Å²) < 4.78 is 12.4. The molecule has 0 unspecified atom stereocenters. The van der Waals surface area contributed by atoms with Crippen LogP contribution in [-0.4, -0.2) is 28.1 Å². The predicted molar refractivity (Wildman–Crippen MR) is 105 cm³/mol. The number of fused-ring (bicyclic) bond motifs is 2. The molecule has 0 spiro atoms. The third-order valence-corrected chi connectivity index (χ3v) is 5.55. The Hall–Kier alpha value is -2.22. The maximum Gasteiger partial charge on any atom is 0.262 e. The second-order valence-corrected chi connectivity index (χ2v) is 7.40. The van der Waals surface area contributed by atoms with Crippen LogP contribution in [0.2, 0.25) is 5.02 Å². The highest BCUT2D eigenvalue weighted by atomic mass is 35.5. The summed E-state index contributed by atoms with van der Waals surface area (Å²) in [4.78, 5) is 17.5. The molecule has 1 aromatic heterocycles. The summed E-state index contributed by atoms with van der Waals surface area (Å²) in [7, 11) is 0. The number of aliphatic hydroxyl groups is 1. The van der Waals surface area contributed by atoms with Crippen molar-refractivity contribution in [2.24, 2.45) is 0 Å². The van der Waals surface area contributed by atoms with Crippen LogP contribution in [0.3, 0.4) is 0 Å². The van der Waals surface area contributed by atoms with Gasteiger partial charge in [-0.2, -0.15) is 0 Å². The summed E-state index contributed by atoms with van der Waals surface area (Å²) in [5.41, 5.74) is 1.51. The summed E-state index contributed by atoms with van der Waals surface area (Å²) in [6.07, 6.45) is 0.489. The molecule has 0 amide bonds. The molecular formula is C19H17ClN2O4S. The fourth-order valence-electron chi connectivity index (χ4n) is 2.94. The van der Waals surface area contributed by atoms with Gasteiger partial charge < -0.3 is 14.6 Å². The molecule has 8 heteroatoms. The van der Waals surface area contributed by atoms with Crippen molar-refractivity contribution in [3.05, 3.63) is 57.3 Å². The maximum atomic E-state index is 12.8. The van der Waals surface area contributed by atoms with Crippen LogP contribution < -0.4 is 15.0 Å². The molecule has 4 rings (SSSR count). The first-order chi connectivity index (χ1) is 13.2. The number of hydrogen-bond donors (Lipinski definition) is 1. The molecule has 0 aliphatic carbocycles. The van der Waals surface area contributed by atoms with Gasteiger partial charge in [0.05, 0.1) is 15.9 Å². The minimum Gasteiger partial charge on any atom is -0.454 e. The van der Waals surface area contributed by atoms with E-state index in [4.69, 9.17) is 26.2 Å². The van der Waals surface area contributed by atoms with E-state index in [2.05, 4.69) is 4.98 Å². The van der Waals surface area contributed by atoms with Crippen LogP contribution in [0.4, 0.5) is 0 Å². The fraction of sp³-hybridized carbons (Fsp3) is 0.263. The zero-order valence-electron chi connectivity index (χ0n) is 14.4. The molecule has 2 heterocycles. The van der Waals surface area contributed by atoms with Gasteiger partial charge in [0.15, 0.2) is 16.7 Å². The molecule has 6 nitrogen and oxygen atoms in total. The first kappa shape index (κ1) is 18.2. The Kier molecular flexibility index (Phi) is 5.24. The first-order valence-electron chi connectivity index (χ1n) is 8.48. The molecule has 0 fully saturated rings. The van der Waals surface area contributed by atoms with Crippen molar-refractivity contribution >= 4 is 34.3 Å². The number of aliphatic hydroxyl groups excluding tert-OH is 1. The van der Waals surface area contributed by atoms with Gasteiger partial charge in [0.2, 0.25) is 6.79 Å². The third kappa shape index (κ3) is 3.63. The van der Waals surface area contributed by atoms with Crippen molar-refractivity contribution in [2.45, 2.75) is 23.9 Å². The van der Waals surface area contributed by atoms with E-state index >= 15 is 0 Å². The standard InChI is InChI=1S/C19H17ClN2O4S/c20-14-8-12(9-16-17(14)26-11-25-16)10-27-19-21-15-5-2-1-4-13(15)18(24)22(19)6-3-7-23/h1-2,4-5,8-9,23H,3,6-7,10-11H2. The van der Waals surface area contributed by atoms with Crippen LogP contribution in [-0.2, 0) is 12.3 Å². The van der Waals surface area contributed by atoms with E-state index in [1.165, 1.54) is 11.8 Å². The van der Waals surface area contributed by atoms with Gasteiger partial charge in [0, 0.05) is 18.9 Å². The second kappa shape index (κ2) is 7.80. The molecule has 1 N–H and O–H groups in total. The highest BCUT2D eigenvalue weighted by Gasteiger charge is 2.19. The molecule has 0 bridgehead atoms. The van der Waals surface area contributed by atoms with Gasteiger partial charge in [-0.25, -0.2) is 4.98 Å². The number of rotatable bonds is 6. The molecule has 27 heavy (non-hydrogen) atoms. The van der Waals surface area contributed by atoms with Gasteiger partial charge in [0.1, 0.15) is 0 Å². The number of hydrogen-bond acceptors (Lipinski definition) is 6. The van der Waals surface area contributed by atoms with Gasteiger partial charge in [-0.15, -0.1) is 0 Å². The molecule has 0 saturated carbocycles. The SMILES string of the molecule is O=c1c2ccccc2nc(SCc2cc(Cl)c3c(c2)OCO3)n1CCCO. The van der Waals surface area contributed by atoms with E-state index in [9.17, 15) is 4.79 Å². The second-order valence-electron chi connectivity index (χ2n) is 6.05. The highest BCUT2D eigenvalue weighted by molar-refractivity contribution is 7.98. The first-order valence-corrected chi connectivity index (χ1v) is 9.85. The lowest BCUT2D eigenvalue weighted by atomic mass is 10.2. The molecule has 3 aromatic rings. The highest BCUT2D eigenvalue weighted by Crippen LogP contribution is 2.40. The van der Waals surface area contributed by atoms with Crippen LogP contribution >= 0.6 is 23.4 Å². The lowest BCUT2D eigenvalue weighted by molar-refractivity contribution is 0.174. The number of halogens is 1. The van der Waals surface area contributed by atoms with Crippen molar-refractivity contribution in [3.63, 3.8) is 0 Å². The Morgan fingerprint density at radius 1 is 1.26 bits per heavy atom. The summed E-state index contributed by atoms with van der Waals surface area (Å²) in [5, 5.41) is 10.9. The number of aromatic nitrogens is 2. The third-order valence-electron chi connectivity index (χ3n) is 4.22.